The normalized spacial score (nSPS) is 10.8. The molecule has 3 rings (SSSR count). The minimum absolute atomic E-state index is 0.994. The van der Waals surface area contributed by atoms with E-state index in [0.29, 0.717) is 0 Å². The first-order chi connectivity index (χ1) is 7.86. The number of nitrogens with zero attached hydrogens (tertiary/aromatic N) is 1. The van der Waals surface area contributed by atoms with E-state index in [-0.39, 0.29) is 0 Å². The van der Waals surface area contributed by atoms with Crippen LogP contribution >= 0.6 is 27.3 Å². The van der Waals surface area contributed by atoms with Gasteiger partial charge < -0.3 is 0 Å². The Labute approximate surface area is 106 Å². The van der Waals surface area contributed by atoms with Crippen LogP contribution < -0.4 is 0 Å². The number of benzene rings is 2. The molecule has 0 atom stereocenters. The summed E-state index contributed by atoms with van der Waals surface area (Å²) in [6.07, 6.45) is 0. The van der Waals surface area contributed by atoms with Gasteiger partial charge in [-0.2, -0.15) is 0 Å². The van der Waals surface area contributed by atoms with Crippen molar-refractivity contribution >= 4 is 38.0 Å². The molecule has 1 aromatic heterocycles. The maximum atomic E-state index is 4.24. The monoisotopic (exact) mass is 288 g/mol. The predicted octanol–water partition coefficient (Wildman–Crippen LogP) is 4.53. The average molecular weight is 289 g/mol. The maximum absolute atomic E-state index is 4.24. The van der Waals surface area contributed by atoms with E-state index < -0.39 is 0 Å². The molecule has 0 aliphatic heterocycles. The Kier molecular flexibility index (Phi) is 2.50. The number of rotatable bonds is 1. The van der Waals surface area contributed by atoms with Gasteiger partial charge in [-0.3, -0.25) is 0 Å². The van der Waals surface area contributed by atoms with Crippen molar-refractivity contribution in [1.82, 2.24) is 4.98 Å². The Balaban J connectivity index is 2.39. The van der Waals surface area contributed by atoms with Gasteiger partial charge >= 0.3 is 0 Å². The summed E-state index contributed by atoms with van der Waals surface area (Å²) in [5.41, 5.74) is 5.04. The van der Waals surface area contributed by atoms with E-state index in [1.54, 1.807) is 0 Å². The van der Waals surface area contributed by atoms with Gasteiger partial charge in [0.2, 0.25) is 0 Å². The van der Waals surface area contributed by atoms with Crippen molar-refractivity contribution in [2.75, 3.05) is 0 Å². The minimum Gasteiger partial charge on any atom is -0.233 e. The zero-order chi connectivity index (χ0) is 11.0. The van der Waals surface area contributed by atoms with Crippen molar-refractivity contribution in [3.63, 3.8) is 0 Å². The lowest BCUT2D eigenvalue weighted by Crippen LogP contribution is -1.82. The summed E-state index contributed by atoms with van der Waals surface area (Å²) in [7, 11) is 0. The third kappa shape index (κ3) is 1.56. The molecule has 0 saturated carbocycles. The topological polar surface area (TPSA) is 12.9 Å². The molecular weight excluding hydrogens is 282 g/mol. The highest BCUT2D eigenvalue weighted by Crippen LogP contribution is 2.32. The van der Waals surface area contributed by atoms with Crippen molar-refractivity contribution < 1.29 is 0 Å². The van der Waals surface area contributed by atoms with Gasteiger partial charge in [0.1, 0.15) is 0 Å². The molecule has 0 unspecified atom stereocenters. The highest BCUT2D eigenvalue weighted by molar-refractivity contribution is 9.10. The van der Waals surface area contributed by atoms with Crippen LogP contribution in [0.3, 0.4) is 0 Å². The van der Waals surface area contributed by atoms with Gasteiger partial charge in [-0.1, -0.05) is 46.3 Å². The Bertz CT molecular complexity index is 631. The van der Waals surface area contributed by atoms with Gasteiger partial charge in [0.15, 0.2) is 5.51 Å². The molecule has 0 aliphatic carbocycles. The summed E-state index contributed by atoms with van der Waals surface area (Å²) in [6, 6.07) is 12.5. The van der Waals surface area contributed by atoms with Crippen molar-refractivity contribution in [2.24, 2.45) is 0 Å². The molecule has 0 N–H and O–H groups in total. The van der Waals surface area contributed by atoms with Crippen LogP contribution in [0.4, 0.5) is 0 Å². The fourth-order valence-corrected chi connectivity index (χ4v) is 2.77. The maximum Gasteiger partial charge on any atom is 0.152 e. The number of thiazole rings is 1. The lowest BCUT2D eigenvalue weighted by atomic mass is 10.0. The Morgan fingerprint density at radius 2 is 1.88 bits per heavy atom. The lowest BCUT2D eigenvalue weighted by molar-refractivity contribution is 1.41. The second-order valence-corrected chi connectivity index (χ2v) is 4.97. The van der Waals surface area contributed by atoms with Gasteiger partial charge in [-0.15, -0.1) is 11.3 Å². The van der Waals surface area contributed by atoms with Gasteiger partial charge in [-0.05, 0) is 16.8 Å². The molecule has 3 heteroatoms. The molecule has 0 amide bonds. The molecule has 2 aromatic carbocycles. The Hall–Kier alpha value is -1.19. The molecule has 1 nitrogen and oxygen atoms in total. The molecule has 1 heterocycles. The smallest absolute Gasteiger partial charge is 0.152 e. The van der Waals surface area contributed by atoms with E-state index >= 15 is 0 Å². The summed E-state index contributed by atoms with van der Waals surface area (Å²) in [5, 5.41) is 4.46. The molecule has 3 aromatic rings. The summed E-state index contributed by atoms with van der Waals surface area (Å²) in [6.45, 7) is 0. The van der Waals surface area contributed by atoms with Crippen LogP contribution in [0.15, 0.2) is 46.3 Å². The molecule has 1 radical (unpaired) electrons. The van der Waals surface area contributed by atoms with Crippen LogP contribution in [0.1, 0.15) is 0 Å². The van der Waals surface area contributed by atoms with Gasteiger partial charge in [-0.25, -0.2) is 4.98 Å². The third-order valence-electron chi connectivity index (χ3n) is 2.54. The number of hydrogen-bond acceptors (Lipinski definition) is 2. The highest BCUT2D eigenvalue weighted by atomic mass is 79.9. The van der Waals surface area contributed by atoms with E-state index in [0.717, 1.165) is 15.7 Å². The predicted molar refractivity (Wildman–Crippen MR) is 71.6 cm³/mol. The van der Waals surface area contributed by atoms with Crippen molar-refractivity contribution in [1.29, 1.82) is 0 Å². The van der Waals surface area contributed by atoms with Crippen LogP contribution in [0.5, 0.6) is 0 Å². The van der Waals surface area contributed by atoms with E-state index in [4.69, 9.17) is 0 Å². The van der Waals surface area contributed by atoms with Gasteiger partial charge in [0, 0.05) is 15.4 Å². The second-order valence-electron chi connectivity index (χ2n) is 3.46. The standard InChI is InChI=1S/C13H7BrNS/c14-12-6-5-11(13-7-16-8-15-13)9-3-1-2-4-10(9)12/h1-7H. The number of fused-ring (bicyclic) bond motifs is 1. The summed E-state index contributed by atoms with van der Waals surface area (Å²) >= 11 is 5.07. The minimum atomic E-state index is 0.994. The zero-order valence-electron chi connectivity index (χ0n) is 8.27. The first-order valence-electron chi connectivity index (χ1n) is 4.85. The van der Waals surface area contributed by atoms with E-state index in [2.05, 4.69) is 50.7 Å². The molecule has 0 saturated heterocycles. The van der Waals surface area contributed by atoms with Crippen LogP contribution in [0.2, 0.25) is 0 Å². The first-order valence-corrected chi connectivity index (χ1v) is 6.53. The summed E-state index contributed by atoms with van der Waals surface area (Å²) < 4.78 is 1.12. The van der Waals surface area contributed by atoms with Crippen LogP contribution in [-0.4, -0.2) is 4.98 Å². The first kappa shape index (κ1) is 10.00. The SMILES string of the molecule is Brc1ccc(-c2cs[c]n2)c2ccccc12. The van der Waals surface area contributed by atoms with Crippen LogP contribution in [-0.2, 0) is 0 Å². The van der Waals surface area contributed by atoms with Crippen LogP contribution in [0, 0.1) is 5.51 Å². The number of halogens is 1. The Morgan fingerprint density at radius 3 is 2.62 bits per heavy atom. The molecule has 16 heavy (non-hydrogen) atoms. The van der Waals surface area contributed by atoms with Crippen molar-refractivity contribution in [3.05, 3.63) is 51.8 Å². The fraction of sp³-hybridized carbons (Fsp3) is 0. The Morgan fingerprint density at radius 1 is 1.06 bits per heavy atom. The van der Waals surface area contributed by atoms with Crippen LogP contribution in [0.25, 0.3) is 22.0 Å². The van der Waals surface area contributed by atoms with Gasteiger partial charge in [0.25, 0.3) is 0 Å². The molecular formula is C13H7BrNS. The molecule has 0 fully saturated rings. The summed E-state index contributed by atoms with van der Waals surface area (Å²) in [4.78, 5) is 4.24. The summed E-state index contributed by atoms with van der Waals surface area (Å²) in [5.74, 6) is 0. The quantitative estimate of drug-likeness (QED) is 0.641. The number of aromatic nitrogens is 1. The fourth-order valence-electron chi connectivity index (χ4n) is 1.79. The van der Waals surface area contributed by atoms with E-state index in [9.17, 15) is 0 Å². The zero-order valence-corrected chi connectivity index (χ0v) is 10.7. The second kappa shape index (κ2) is 4.00. The van der Waals surface area contributed by atoms with Gasteiger partial charge in [0.05, 0.1) is 5.69 Å². The third-order valence-corrected chi connectivity index (χ3v) is 3.77. The van der Waals surface area contributed by atoms with E-state index in [1.165, 1.54) is 22.1 Å². The highest BCUT2D eigenvalue weighted by Gasteiger charge is 2.07. The van der Waals surface area contributed by atoms with Crippen molar-refractivity contribution in [2.45, 2.75) is 0 Å². The largest absolute Gasteiger partial charge is 0.233 e. The average Bonchev–Trinajstić information content (AvgIpc) is 2.83. The lowest BCUT2D eigenvalue weighted by Gasteiger charge is -2.05. The van der Waals surface area contributed by atoms with Crippen molar-refractivity contribution in [3.8, 4) is 11.3 Å². The molecule has 77 valence electrons. The molecule has 0 spiro atoms. The number of hydrogen-bond donors (Lipinski definition) is 0. The van der Waals surface area contributed by atoms with E-state index in [1.807, 2.05) is 17.5 Å². The molecule has 0 bridgehead atoms. The molecule has 0 aliphatic rings.